The number of carbonyl (C=O) groups excluding carboxylic acids is 1. The number of carbonyl (C=O) groups is 1. The molecule has 5 heteroatoms. The molecular weight excluding hydrogens is 316 g/mol. The molecule has 5 nitrogen and oxygen atoms in total. The zero-order valence-electron chi connectivity index (χ0n) is 13.9. The number of rotatable bonds is 4. The van der Waals surface area contributed by atoms with E-state index >= 15 is 0 Å². The van der Waals surface area contributed by atoms with Crippen LogP contribution in [0.2, 0.25) is 0 Å². The third-order valence-corrected chi connectivity index (χ3v) is 4.75. The Kier molecular flexibility index (Phi) is 3.64. The van der Waals surface area contributed by atoms with Crippen molar-refractivity contribution in [1.82, 2.24) is 9.38 Å². The van der Waals surface area contributed by atoms with Crippen LogP contribution in [0.4, 0.5) is 0 Å². The molecule has 3 aromatic rings. The molecular formula is C20H18N2O3. The summed E-state index contributed by atoms with van der Waals surface area (Å²) < 4.78 is 7.03. The molecule has 2 aromatic heterocycles. The van der Waals surface area contributed by atoms with Crippen LogP contribution >= 0.6 is 0 Å². The number of fused-ring (bicyclic) bond motifs is 1. The highest BCUT2D eigenvalue weighted by atomic mass is 16.5. The first kappa shape index (κ1) is 15.6. The van der Waals surface area contributed by atoms with Gasteiger partial charge in [0.25, 0.3) is 5.56 Å². The molecule has 1 aromatic carbocycles. The summed E-state index contributed by atoms with van der Waals surface area (Å²) in [5, 5.41) is 0. The maximum absolute atomic E-state index is 12.6. The second kappa shape index (κ2) is 5.84. The molecule has 0 atom stereocenters. The van der Waals surface area contributed by atoms with E-state index in [9.17, 15) is 9.59 Å². The van der Waals surface area contributed by atoms with Gasteiger partial charge in [0.15, 0.2) is 0 Å². The van der Waals surface area contributed by atoms with Gasteiger partial charge in [-0.05, 0) is 37.5 Å². The predicted molar refractivity (Wildman–Crippen MR) is 93.3 cm³/mol. The summed E-state index contributed by atoms with van der Waals surface area (Å²) in [7, 11) is 0. The zero-order valence-corrected chi connectivity index (χ0v) is 13.9. The van der Waals surface area contributed by atoms with Gasteiger partial charge in [-0.15, -0.1) is 0 Å². The third kappa shape index (κ3) is 2.71. The van der Waals surface area contributed by atoms with E-state index < -0.39 is 5.41 Å². The fraction of sp³-hybridized carbons (Fsp3) is 0.250. The minimum absolute atomic E-state index is 0.00704. The zero-order chi connectivity index (χ0) is 17.4. The van der Waals surface area contributed by atoms with Crippen molar-refractivity contribution < 1.29 is 9.53 Å². The maximum Gasteiger partial charge on any atom is 0.316 e. The highest BCUT2D eigenvalue weighted by Gasteiger charge is 2.52. The van der Waals surface area contributed by atoms with Crippen LogP contribution in [0.25, 0.3) is 5.65 Å². The smallest absolute Gasteiger partial charge is 0.316 e. The van der Waals surface area contributed by atoms with Gasteiger partial charge < -0.3 is 4.74 Å². The van der Waals surface area contributed by atoms with E-state index in [0.717, 1.165) is 24.1 Å². The average molecular weight is 334 g/mol. The highest BCUT2D eigenvalue weighted by Crippen LogP contribution is 2.49. The van der Waals surface area contributed by atoms with Crippen molar-refractivity contribution in [2.45, 2.75) is 31.8 Å². The summed E-state index contributed by atoms with van der Waals surface area (Å²) in [6.07, 6.45) is 1.59. The number of pyridine rings is 1. The van der Waals surface area contributed by atoms with Gasteiger partial charge in [0, 0.05) is 11.8 Å². The van der Waals surface area contributed by atoms with Crippen LogP contribution < -0.4 is 5.56 Å². The molecule has 0 bridgehead atoms. The Balaban J connectivity index is 1.55. The third-order valence-electron chi connectivity index (χ3n) is 4.75. The lowest BCUT2D eigenvalue weighted by Gasteiger charge is -2.15. The molecule has 1 fully saturated rings. The number of aromatic nitrogens is 2. The Labute approximate surface area is 144 Å². The second-order valence-electron chi connectivity index (χ2n) is 6.47. The largest absolute Gasteiger partial charge is 0.458 e. The first-order valence-corrected chi connectivity index (χ1v) is 8.31. The minimum Gasteiger partial charge on any atom is -0.458 e. The van der Waals surface area contributed by atoms with Gasteiger partial charge in [0.05, 0.1) is 11.1 Å². The van der Waals surface area contributed by atoms with Crippen LogP contribution in [-0.4, -0.2) is 15.4 Å². The molecule has 0 aliphatic heterocycles. The highest BCUT2D eigenvalue weighted by molar-refractivity contribution is 5.86. The Morgan fingerprint density at radius 1 is 1.16 bits per heavy atom. The number of hydrogen-bond acceptors (Lipinski definition) is 4. The molecule has 1 saturated carbocycles. The van der Waals surface area contributed by atoms with E-state index in [1.54, 1.807) is 6.07 Å². The van der Waals surface area contributed by atoms with Gasteiger partial charge in [0.1, 0.15) is 12.3 Å². The predicted octanol–water partition coefficient (Wildman–Crippen LogP) is 2.78. The Morgan fingerprint density at radius 2 is 1.92 bits per heavy atom. The van der Waals surface area contributed by atoms with Gasteiger partial charge in [-0.2, -0.15) is 0 Å². The Hall–Kier alpha value is -2.95. The first-order valence-electron chi connectivity index (χ1n) is 8.31. The fourth-order valence-electron chi connectivity index (χ4n) is 3.21. The van der Waals surface area contributed by atoms with Crippen LogP contribution in [0.15, 0.2) is 59.4 Å². The summed E-state index contributed by atoms with van der Waals surface area (Å²) in [6, 6.07) is 16.6. The molecule has 4 rings (SSSR count). The van der Waals surface area contributed by atoms with Crippen LogP contribution in [0, 0.1) is 6.92 Å². The van der Waals surface area contributed by atoms with E-state index in [0.29, 0.717) is 11.3 Å². The Morgan fingerprint density at radius 3 is 2.64 bits per heavy atom. The van der Waals surface area contributed by atoms with Crippen LogP contribution in [0.1, 0.15) is 29.8 Å². The molecule has 0 unspecified atom stereocenters. The standard InChI is InChI=1S/C20H18N2O3/c1-14-6-5-9-17-21-16(12-18(23)22(14)17)13-25-19(24)20(10-11-20)15-7-3-2-4-8-15/h2-9,12H,10-11,13H2,1H3. The van der Waals surface area contributed by atoms with Gasteiger partial charge in [0.2, 0.25) is 0 Å². The van der Waals surface area contributed by atoms with Gasteiger partial charge in [-0.25, -0.2) is 4.98 Å². The monoisotopic (exact) mass is 334 g/mol. The molecule has 1 aliphatic carbocycles. The molecule has 126 valence electrons. The molecule has 2 heterocycles. The van der Waals surface area contributed by atoms with Crippen molar-refractivity contribution in [2.75, 3.05) is 0 Å². The number of hydrogen-bond donors (Lipinski definition) is 0. The number of esters is 1. The van der Waals surface area contributed by atoms with Crippen LogP contribution in [-0.2, 0) is 21.6 Å². The molecule has 25 heavy (non-hydrogen) atoms. The molecule has 0 radical (unpaired) electrons. The van der Waals surface area contributed by atoms with Crippen LogP contribution in [0.5, 0.6) is 0 Å². The van der Waals surface area contributed by atoms with Crippen molar-refractivity contribution in [3.63, 3.8) is 0 Å². The quantitative estimate of drug-likeness (QED) is 0.688. The summed E-state index contributed by atoms with van der Waals surface area (Å²) in [6.45, 7) is 1.86. The lowest BCUT2D eigenvalue weighted by molar-refractivity contribution is -0.148. The van der Waals surface area contributed by atoms with E-state index in [1.165, 1.54) is 10.5 Å². The van der Waals surface area contributed by atoms with Crippen molar-refractivity contribution in [3.8, 4) is 0 Å². The lowest BCUT2D eigenvalue weighted by atomic mass is 9.96. The molecule has 0 N–H and O–H groups in total. The van der Waals surface area contributed by atoms with E-state index in [4.69, 9.17) is 4.74 Å². The SMILES string of the molecule is Cc1cccc2nc(COC(=O)C3(c4ccccc4)CC3)cc(=O)n12. The van der Waals surface area contributed by atoms with Gasteiger partial charge in [-0.3, -0.25) is 14.0 Å². The maximum atomic E-state index is 12.6. The first-order chi connectivity index (χ1) is 12.1. The molecule has 0 amide bonds. The molecule has 0 spiro atoms. The van der Waals surface area contributed by atoms with Gasteiger partial charge >= 0.3 is 5.97 Å². The summed E-state index contributed by atoms with van der Waals surface area (Å²) in [5.41, 5.74) is 2.14. The summed E-state index contributed by atoms with van der Waals surface area (Å²) in [5.74, 6) is -0.245. The van der Waals surface area contributed by atoms with Gasteiger partial charge in [-0.1, -0.05) is 36.4 Å². The van der Waals surface area contributed by atoms with E-state index in [-0.39, 0.29) is 18.1 Å². The number of benzene rings is 1. The molecule has 1 aliphatic rings. The number of aryl methyl sites for hydroxylation is 1. The normalized spacial score (nSPS) is 15.1. The topological polar surface area (TPSA) is 60.7 Å². The lowest BCUT2D eigenvalue weighted by Crippen LogP contribution is -2.24. The van der Waals surface area contributed by atoms with E-state index in [2.05, 4.69) is 4.98 Å². The summed E-state index contributed by atoms with van der Waals surface area (Å²) >= 11 is 0. The minimum atomic E-state index is -0.524. The van der Waals surface area contributed by atoms with Crippen molar-refractivity contribution in [1.29, 1.82) is 0 Å². The van der Waals surface area contributed by atoms with Crippen molar-refractivity contribution in [3.05, 3.63) is 81.9 Å². The fourth-order valence-corrected chi connectivity index (χ4v) is 3.21. The van der Waals surface area contributed by atoms with Crippen LogP contribution in [0.3, 0.4) is 0 Å². The number of nitrogens with zero attached hydrogens (tertiary/aromatic N) is 2. The van der Waals surface area contributed by atoms with Crippen molar-refractivity contribution in [2.24, 2.45) is 0 Å². The Bertz CT molecular complexity index is 1000. The van der Waals surface area contributed by atoms with Crippen molar-refractivity contribution >= 4 is 11.6 Å². The average Bonchev–Trinajstić information content (AvgIpc) is 3.42. The molecule has 0 saturated heterocycles. The second-order valence-corrected chi connectivity index (χ2v) is 6.47. The number of ether oxygens (including phenoxy) is 1. The summed E-state index contributed by atoms with van der Waals surface area (Å²) in [4.78, 5) is 29.3. The van der Waals surface area contributed by atoms with E-state index in [1.807, 2.05) is 49.4 Å².